The first kappa shape index (κ1) is 12.6. The quantitative estimate of drug-likeness (QED) is 0.741. The summed E-state index contributed by atoms with van der Waals surface area (Å²) in [5.74, 6) is 0.243. The van der Waals surface area contributed by atoms with Crippen molar-refractivity contribution >= 4 is 23.1 Å². The SMILES string of the molecule is CSc1cccc(F)c1-c1ncc(C(C)C)s1. The molecule has 0 aliphatic rings. The van der Waals surface area contributed by atoms with E-state index in [1.807, 2.05) is 18.5 Å². The Morgan fingerprint density at radius 2 is 2.12 bits per heavy atom. The predicted octanol–water partition coefficient (Wildman–Crippen LogP) is 4.79. The molecule has 1 aromatic heterocycles. The standard InChI is InChI=1S/C13H14FNS2/c1-8(2)11-7-15-13(17-11)12-9(14)5-4-6-10(12)16-3/h4-8H,1-3H3. The van der Waals surface area contributed by atoms with Gasteiger partial charge in [0.1, 0.15) is 10.8 Å². The lowest BCUT2D eigenvalue weighted by atomic mass is 10.2. The van der Waals surface area contributed by atoms with Gasteiger partial charge >= 0.3 is 0 Å². The number of halogens is 1. The molecule has 1 heterocycles. The fourth-order valence-electron chi connectivity index (χ4n) is 1.55. The Morgan fingerprint density at radius 1 is 1.35 bits per heavy atom. The lowest BCUT2D eigenvalue weighted by Crippen LogP contribution is -1.86. The van der Waals surface area contributed by atoms with Gasteiger partial charge in [0, 0.05) is 16.0 Å². The minimum absolute atomic E-state index is 0.193. The minimum Gasteiger partial charge on any atom is -0.244 e. The Bertz CT molecular complexity index is 520. The molecule has 2 aromatic rings. The van der Waals surface area contributed by atoms with Crippen molar-refractivity contribution in [3.63, 3.8) is 0 Å². The topological polar surface area (TPSA) is 12.9 Å². The van der Waals surface area contributed by atoms with E-state index in [0.717, 1.165) is 9.90 Å². The molecule has 1 nitrogen and oxygen atoms in total. The second-order valence-electron chi connectivity index (χ2n) is 4.04. The number of nitrogens with zero attached hydrogens (tertiary/aromatic N) is 1. The number of rotatable bonds is 3. The van der Waals surface area contributed by atoms with Crippen LogP contribution in [-0.4, -0.2) is 11.2 Å². The number of hydrogen-bond donors (Lipinski definition) is 0. The van der Waals surface area contributed by atoms with Crippen molar-refractivity contribution < 1.29 is 4.39 Å². The zero-order valence-electron chi connectivity index (χ0n) is 10.0. The Balaban J connectivity index is 2.51. The number of thioether (sulfide) groups is 1. The van der Waals surface area contributed by atoms with Gasteiger partial charge in [-0.1, -0.05) is 19.9 Å². The van der Waals surface area contributed by atoms with Crippen LogP contribution in [0.25, 0.3) is 10.6 Å². The van der Waals surface area contributed by atoms with Crippen molar-refractivity contribution in [3.05, 3.63) is 35.1 Å². The number of benzene rings is 1. The van der Waals surface area contributed by atoms with Gasteiger partial charge in [-0.15, -0.1) is 23.1 Å². The molecule has 0 fully saturated rings. The Hall–Kier alpha value is -0.870. The van der Waals surface area contributed by atoms with E-state index >= 15 is 0 Å². The van der Waals surface area contributed by atoms with Crippen molar-refractivity contribution in [2.45, 2.75) is 24.7 Å². The molecule has 0 unspecified atom stereocenters. The maximum atomic E-state index is 13.9. The smallest absolute Gasteiger partial charge is 0.134 e. The van der Waals surface area contributed by atoms with Gasteiger partial charge in [0.05, 0.1) is 5.56 Å². The molecule has 0 atom stereocenters. The third-order valence-corrected chi connectivity index (χ3v) is 4.60. The van der Waals surface area contributed by atoms with E-state index in [-0.39, 0.29) is 5.82 Å². The van der Waals surface area contributed by atoms with Crippen molar-refractivity contribution in [2.24, 2.45) is 0 Å². The van der Waals surface area contributed by atoms with Crippen LogP contribution >= 0.6 is 23.1 Å². The minimum atomic E-state index is -0.193. The lowest BCUT2D eigenvalue weighted by Gasteiger charge is -2.05. The second kappa shape index (κ2) is 5.19. The third-order valence-electron chi connectivity index (χ3n) is 2.50. The maximum absolute atomic E-state index is 13.9. The molecule has 0 bridgehead atoms. The third kappa shape index (κ3) is 2.53. The molecular weight excluding hydrogens is 253 g/mol. The summed E-state index contributed by atoms with van der Waals surface area (Å²) < 4.78 is 13.9. The summed E-state index contributed by atoms with van der Waals surface area (Å²) in [7, 11) is 0. The second-order valence-corrected chi connectivity index (χ2v) is 5.95. The summed E-state index contributed by atoms with van der Waals surface area (Å²) in [5, 5.41) is 0.774. The zero-order valence-corrected chi connectivity index (χ0v) is 11.7. The van der Waals surface area contributed by atoms with Crippen LogP contribution in [0.15, 0.2) is 29.3 Å². The van der Waals surface area contributed by atoms with E-state index in [4.69, 9.17) is 0 Å². The highest BCUT2D eigenvalue weighted by molar-refractivity contribution is 7.98. The average Bonchev–Trinajstić information content (AvgIpc) is 2.77. The highest BCUT2D eigenvalue weighted by Crippen LogP contribution is 2.36. The van der Waals surface area contributed by atoms with Gasteiger partial charge in [-0.2, -0.15) is 0 Å². The highest BCUT2D eigenvalue weighted by atomic mass is 32.2. The van der Waals surface area contributed by atoms with E-state index in [1.54, 1.807) is 29.2 Å². The monoisotopic (exact) mass is 267 g/mol. The summed E-state index contributed by atoms with van der Waals surface area (Å²) in [6, 6.07) is 5.16. The van der Waals surface area contributed by atoms with Crippen molar-refractivity contribution in [2.75, 3.05) is 6.26 Å². The van der Waals surface area contributed by atoms with Crippen LogP contribution in [0.5, 0.6) is 0 Å². The van der Waals surface area contributed by atoms with Crippen LogP contribution in [0.2, 0.25) is 0 Å². The molecule has 0 spiro atoms. The van der Waals surface area contributed by atoms with Gasteiger partial charge in [-0.05, 0) is 24.3 Å². The maximum Gasteiger partial charge on any atom is 0.134 e. The van der Waals surface area contributed by atoms with Crippen LogP contribution in [-0.2, 0) is 0 Å². The first-order valence-electron chi connectivity index (χ1n) is 5.42. The Morgan fingerprint density at radius 3 is 2.71 bits per heavy atom. The fourth-order valence-corrected chi connectivity index (χ4v) is 3.21. The van der Waals surface area contributed by atoms with Crippen LogP contribution in [0, 0.1) is 5.82 Å². The molecule has 0 aliphatic heterocycles. The average molecular weight is 267 g/mol. The van der Waals surface area contributed by atoms with Crippen LogP contribution in [0.4, 0.5) is 4.39 Å². The van der Waals surface area contributed by atoms with Gasteiger partial charge in [0.25, 0.3) is 0 Å². The lowest BCUT2D eigenvalue weighted by molar-refractivity contribution is 0.628. The number of aromatic nitrogens is 1. The highest BCUT2D eigenvalue weighted by Gasteiger charge is 2.14. The number of hydrogen-bond acceptors (Lipinski definition) is 3. The van der Waals surface area contributed by atoms with Gasteiger partial charge in [0.15, 0.2) is 0 Å². The summed E-state index contributed by atoms with van der Waals surface area (Å²) in [5.41, 5.74) is 0.636. The van der Waals surface area contributed by atoms with Gasteiger partial charge in [-0.3, -0.25) is 0 Å². The Kier molecular flexibility index (Phi) is 3.84. The summed E-state index contributed by atoms with van der Waals surface area (Å²) >= 11 is 3.12. The molecule has 0 amide bonds. The van der Waals surface area contributed by atoms with E-state index in [1.165, 1.54) is 10.9 Å². The molecule has 0 saturated heterocycles. The van der Waals surface area contributed by atoms with Crippen molar-refractivity contribution in [1.82, 2.24) is 4.98 Å². The van der Waals surface area contributed by atoms with Crippen molar-refractivity contribution in [1.29, 1.82) is 0 Å². The van der Waals surface area contributed by atoms with E-state index in [9.17, 15) is 4.39 Å². The number of thiazole rings is 1. The molecule has 0 aliphatic carbocycles. The fraction of sp³-hybridized carbons (Fsp3) is 0.308. The van der Waals surface area contributed by atoms with E-state index in [0.29, 0.717) is 11.5 Å². The normalized spacial score (nSPS) is 11.1. The first-order valence-corrected chi connectivity index (χ1v) is 7.46. The van der Waals surface area contributed by atoms with Crippen LogP contribution in [0.3, 0.4) is 0 Å². The molecule has 0 radical (unpaired) electrons. The molecule has 0 N–H and O–H groups in total. The van der Waals surface area contributed by atoms with Crippen LogP contribution in [0.1, 0.15) is 24.6 Å². The molecule has 2 rings (SSSR count). The van der Waals surface area contributed by atoms with Crippen molar-refractivity contribution in [3.8, 4) is 10.6 Å². The predicted molar refractivity (Wildman–Crippen MR) is 73.4 cm³/mol. The van der Waals surface area contributed by atoms with Gasteiger partial charge < -0.3 is 0 Å². The summed E-state index contributed by atoms with van der Waals surface area (Å²) in [4.78, 5) is 6.47. The first-order chi connectivity index (χ1) is 8.13. The molecular formula is C13H14FNS2. The van der Waals surface area contributed by atoms with Gasteiger partial charge in [0.2, 0.25) is 0 Å². The van der Waals surface area contributed by atoms with Gasteiger partial charge in [-0.25, -0.2) is 9.37 Å². The van der Waals surface area contributed by atoms with Crippen LogP contribution < -0.4 is 0 Å². The van der Waals surface area contributed by atoms with E-state index < -0.39 is 0 Å². The summed E-state index contributed by atoms with van der Waals surface area (Å²) in [6.45, 7) is 4.24. The zero-order chi connectivity index (χ0) is 12.4. The molecule has 0 saturated carbocycles. The summed E-state index contributed by atoms with van der Waals surface area (Å²) in [6.07, 6.45) is 3.80. The largest absolute Gasteiger partial charge is 0.244 e. The molecule has 17 heavy (non-hydrogen) atoms. The Labute approximate surface area is 109 Å². The molecule has 4 heteroatoms. The molecule has 90 valence electrons. The molecule has 1 aromatic carbocycles. The van der Waals surface area contributed by atoms with E-state index in [2.05, 4.69) is 18.8 Å².